The van der Waals surface area contributed by atoms with E-state index >= 15 is 0 Å². The van der Waals surface area contributed by atoms with Gasteiger partial charge < -0.3 is 10.1 Å². The minimum atomic E-state index is -3.97. The third-order valence-electron chi connectivity index (χ3n) is 5.80. The zero-order valence-corrected chi connectivity index (χ0v) is 23.0. The van der Waals surface area contributed by atoms with Gasteiger partial charge in [0, 0.05) is 4.47 Å². The molecule has 8 heteroatoms. The van der Waals surface area contributed by atoms with Gasteiger partial charge in [-0.3, -0.25) is 9.10 Å². The number of methoxy groups -OCH3 is 1. The molecule has 0 radical (unpaired) electrons. The molecule has 0 aromatic heterocycles. The molecule has 0 aliphatic heterocycles. The number of ether oxygens (including phenoxy) is 1. The number of halogens is 1. The topological polar surface area (TPSA) is 75.7 Å². The first kappa shape index (κ1) is 26.8. The number of rotatable bonds is 9. The molecule has 1 N–H and O–H groups in total. The van der Waals surface area contributed by atoms with Crippen LogP contribution in [-0.2, 0) is 14.8 Å². The first-order valence-corrected chi connectivity index (χ1v) is 13.6. The van der Waals surface area contributed by atoms with Crippen LogP contribution in [0.15, 0.2) is 76.1 Å². The number of hydrogen-bond acceptors (Lipinski definition) is 4. The van der Waals surface area contributed by atoms with Gasteiger partial charge in [0.25, 0.3) is 10.0 Å². The molecule has 0 spiro atoms. The molecular formula is C27H31BrN2O4S. The van der Waals surface area contributed by atoms with E-state index < -0.39 is 15.9 Å². The van der Waals surface area contributed by atoms with Gasteiger partial charge in [0.1, 0.15) is 12.3 Å². The summed E-state index contributed by atoms with van der Waals surface area (Å²) in [5.41, 5.74) is 3.40. The van der Waals surface area contributed by atoms with Crippen molar-refractivity contribution < 1.29 is 17.9 Å². The Kier molecular flexibility index (Phi) is 8.61. The molecule has 0 heterocycles. The van der Waals surface area contributed by atoms with Gasteiger partial charge in [0.05, 0.1) is 23.7 Å². The maximum atomic E-state index is 13.5. The Morgan fingerprint density at radius 2 is 1.69 bits per heavy atom. The fourth-order valence-electron chi connectivity index (χ4n) is 3.97. The van der Waals surface area contributed by atoms with Crippen molar-refractivity contribution in [1.82, 2.24) is 5.32 Å². The highest BCUT2D eigenvalue weighted by atomic mass is 79.9. The van der Waals surface area contributed by atoms with Crippen LogP contribution in [0.3, 0.4) is 0 Å². The van der Waals surface area contributed by atoms with Crippen molar-refractivity contribution in [3.8, 4) is 5.75 Å². The number of carbonyl (C=O) groups is 1. The molecule has 0 fully saturated rings. The lowest BCUT2D eigenvalue weighted by atomic mass is 9.93. The van der Waals surface area contributed by atoms with Crippen molar-refractivity contribution in [2.24, 2.45) is 0 Å². The highest BCUT2D eigenvalue weighted by Crippen LogP contribution is 2.32. The maximum Gasteiger partial charge on any atom is 0.264 e. The molecule has 35 heavy (non-hydrogen) atoms. The number of nitrogens with one attached hydrogen (secondary N) is 1. The summed E-state index contributed by atoms with van der Waals surface area (Å²) in [5.74, 6) is 0.656. The van der Waals surface area contributed by atoms with Crippen LogP contribution in [0, 0.1) is 6.92 Å². The first-order valence-electron chi connectivity index (χ1n) is 11.4. The Hall–Kier alpha value is -2.84. The van der Waals surface area contributed by atoms with Gasteiger partial charge in [-0.25, -0.2) is 8.42 Å². The van der Waals surface area contributed by atoms with E-state index in [1.54, 1.807) is 49.6 Å². The summed E-state index contributed by atoms with van der Waals surface area (Å²) in [6.07, 6.45) is 0. The van der Waals surface area contributed by atoms with Crippen LogP contribution in [0.2, 0.25) is 0 Å². The van der Waals surface area contributed by atoms with E-state index in [1.165, 1.54) is 12.1 Å². The monoisotopic (exact) mass is 558 g/mol. The summed E-state index contributed by atoms with van der Waals surface area (Å²) in [4.78, 5) is 13.3. The Morgan fingerprint density at radius 1 is 1.00 bits per heavy atom. The number of sulfonamides is 1. The number of carbonyl (C=O) groups excluding carboxylic acids is 1. The minimum absolute atomic E-state index is 0.119. The maximum absolute atomic E-state index is 13.5. The number of hydrogen-bond donors (Lipinski definition) is 1. The minimum Gasteiger partial charge on any atom is -0.496 e. The summed E-state index contributed by atoms with van der Waals surface area (Å²) in [6.45, 7) is 7.68. The van der Waals surface area contributed by atoms with E-state index in [0.717, 1.165) is 26.7 Å². The Labute approximate surface area is 216 Å². The predicted molar refractivity (Wildman–Crippen MR) is 143 cm³/mol. The summed E-state index contributed by atoms with van der Waals surface area (Å²) in [5, 5.41) is 2.98. The molecule has 3 rings (SSSR count). The summed E-state index contributed by atoms with van der Waals surface area (Å²) in [6, 6.07) is 18.7. The first-order chi connectivity index (χ1) is 16.5. The molecule has 186 valence electrons. The number of amides is 1. The van der Waals surface area contributed by atoms with E-state index in [1.807, 2.05) is 19.9 Å². The second-order valence-electron chi connectivity index (χ2n) is 8.70. The average molecular weight is 560 g/mol. The summed E-state index contributed by atoms with van der Waals surface area (Å²) in [7, 11) is -2.32. The molecule has 0 unspecified atom stereocenters. The van der Waals surface area contributed by atoms with Gasteiger partial charge in [-0.2, -0.15) is 0 Å². The predicted octanol–water partition coefficient (Wildman–Crippen LogP) is 5.96. The average Bonchev–Trinajstić information content (AvgIpc) is 2.82. The molecule has 0 saturated carbocycles. The van der Waals surface area contributed by atoms with E-state index in [2.05, 4.69) is 41.2 Å². The van der Waals surface area contributed by atoms with Crippen molar-refractivity contribution in [2.75, 3.05) is 18.0 Å². The van der Waals surface area contributed by atoms with E-state index in [-0.39, 0.29) is 23.4 Å². The summed E-state index contributed by atoms with van der Waals surface area (Å²) < 4.78 is 34.4. The molecule has 0 saturated heterocycles. The third kappa shape index (κ3) is 6.24. The number of aryl methyl sites for hydroxylation is 1. The van der Waals surface area contributed by atoms with Crippen molar-refractivity contribution >= 4 is 37.5 Å². The lowest BCUT2D eigenvalue weighted by Gasteiger charge is -2.26. The highest BCUT2D eigenvalue weighted by Gasteiger charge is 2.28. The van der Waals surface area contributed by atoms with Crippen LogP contribution in [-0.4, -0.2) is 28.0 Å². The van der Waals surface area contributed by atoms with E-state index in [4.69, 9.17) is 4.74 Å². The van der Waals surface area contributed by atoms with E-state index in [9.17, 15) is 13.2 Å². The van der Waals surface area contributed by atoms with Gasteiger partial charge in [-0.05, 0) is 78.9 Å². The molecule has 1 atom stereocenters. The standard InChI is InChI=1S/C27H31BrN2O4S/c1-18(2)24-16-25(19(3)14-26(24)34-5)20(4)29-27(31)17-30(22-11-9-10-21(28)15-22)35(32,33)23-12-7-6-8-13-23/h6-16,18,20H,17H2,1-5H3,(H,29,31)/t20-/m0/s1. The molecule has 0 aliphatic rings. The second-order valence-corrected chi connectivity index (χ2v) is 11.5. The SMILES string of the molecule is COc1cc(C)c([C@H](C)NC(=O)CN(c2cccc(Br)c2)S(=O)(=O)c2ccccc2)cc1C(C)C. The number of anilines is 1. The van der Waals surface area contributed by atoms with Crippen LogP contribution in [0.5, 0.6) is 5.75 Å². The van der Waals surface area contributed by atoms with E-state index in [0.29, 0.717) is 10.2 Å². The largest absolute Gasteiger partial charge is 0.496 e. The Morgan fingerprint density at radius 3 is 2.29 bits per heavy atom. The molecular weight excluding hydrogens is 528 g/mol. The molecule has 0 aliphatic carbocycles. The van der Waals surface area contributed by atoms with Gasteiger partial charge in [0.15, 0.2) is 0 Å². The Balaban J connectivity index is 1.91. The van der Waals surface area contributed by atoms with Crippen molar-refractivity contribution in [1.29, 1.82) is 0 Å². The molecule has 0 bridgehead atoms. The third-order valence-corrected chi connectivity index (χ3v) is 8.08. The fraction of sp³-hybridized carbons (Fsp3) is 0.296. The number of nitrogens with zero attached hydrogens (tertiary/aromatic N) is 1. The van der Waals surface area contributed by atoms with Gasteiger partial charge in [0.2, 0.25) is 5.91 Å². The van der Waals surface area contributed by atoms with Crippen molar-refractivity contribution in [2.45, 2.75) is 44.6 Å². The fourth-order valence-corrected chi connectivity index (χ4v) is 5.79. The highest BCUT2D eigenvalue weighted by molar-refractivity contribution is 9.10. The molecule has 3 aromatic rings. The number of benzene rings is 3. The smallest absolute Gasteiger partial charge is 0.264 e. The van der Waals surface area contributed by atoms with Crippen molar-refractivity contribution in [3.63, 3.8) is 0 Å². The second kappa shape index (κ2) is 11.3. The van der Waals surface area contributed by atoms with Crippen LogP contribution in [0.1, 0.15) is 49.4 Å². The lowest BCUT2D eigenvalue weighted by molar-refractivity contribution is -0.120. The lowest BCUT2D eigenvalue weighted by Crippen LogP contribution is -2.41. The zero-order valence-electron chi connectivity index (χ0n) is 20.6. The zero-order chi connectivity index (χ0) is 25.8. The quantitative estimate of drug-likeness (QED) is 0.351. The van der Waals surface area contributed by atoms with Crippen molar-refractivity contribution in [3.05, 3.63) is 87.9 Å². The Bertz CT molecular complexity index is 1290. The normalized spacial score (nSPS) is 12.3. The summed E-state index contributed by atoms with van der Waals surface area (Å²) >= 11 is 3.40. The molecule has 6 nitrogen and oxygen atoms in total. The molecule has 1 amide bonds. The van der Waals surface area contributed by atoms with Crippen LogP contribution in [0.4, 0.5) is 5.69 Å². The van der Waals surface area contributed by atoms with Crippen LogP contribution >= 0.6 is 15.9 Å². The van der Waals surface area contributed by atoms with Gasteiger partial charge in [-0.15, -0.1) is 0 Å². The van der Waals surface area contributed by atoms with Crippen LogP contribution in [0.25, 0.3) is 0 Å². The van der Waals surface area contributed by atoms with Gasteiger partial charge >= 0.3 is 0 Å². The molecule has 3 aromatic carbocycles. The van der Waals surface area contributed by atoms with Gasteiger partial charge in [-0.1, -0.05) is 54.0 Å². The van der Waals surface area contributed by atoms with Crippen LogP contribution < -0.4 is 14.4 Å².